The number of nitrogens with one attached hydrogen (secondary N) is 2. The third kappa shape index (κ3) is 3.05. The summed E-state index contributed by atoms with van der Waals surface area (Å²) in [6, 6.07) is 14.8. The van der Waals surface area contributed by atoms with E-state index in [0.717, 1.165) is 0 Å². The third-order valence-electron chi connectivity index (χ3n) is 3.71. The van der Waals surface area contributed by atoms with Crippen LogP contribution >= 0.6 is 0 Å². The molecule has 0 saturated carbocycles. The van der Waals surface area contributed by atoms with Gasteiger partial charge in [0.05, 0.1) is 11.0 Å². The molecule has 0 saturated heterocycles. The number of rotatable bonds is 5. The van der Waals surface area contributed by atoms with E-state index in [4.69, 9.17) is 5.73 Å². The molecule has 1 atom stereocenters. The number of aromatic nitrogens is 2. The zero-order valence-electron chi connectivity index (χ0n) is 12.7. The van der Waals surface area contributed by atoms with E-state index in [9.17, 15) is 14.4 Å². The van der Waals surface area contributed by atoms with Crippen molar-refractivity contribution in [1.29, 1.82) is 0 Å². The van der Waals surface area contributed by atoms with Gasteiger partial charge in [-0.3, -0.25) is 14.2 Å². The molecule has 0 unspecified atom stereocenters. The van der Waals surface area contributed by atoms with Crippen LogP contribution in [0.3, 0.4) is 0 Å². The molecule has 2 amide bonds. The minimum atomic E-state index is -0.945. The highest BCUT2D eigenvalue weighted by Crippen LogP contribution is 2.13. The second-order valence-corrected chi connectivity index (χ2v) is 5.35. The Morgan fingerprint density at radius 3 is 2.46 bits per heavy atom. The fourth-order valence-electron chi connectivity index (χ4n) is 2.58. The van der Waals surface area contributed by atoms with Crippen molar-refractivity contribution in [2.75, 3.05) is 0 Å². The Balaban J connectivity index is 1.82. The summed E-state index contributed by atoms with van der Waals surface area (Å²) >= 11 is 0. The van der Waals surface area contributed by atoms with E-state index in [-0.39, 0.29) is 12.2 Å². The first kappa shape index (κ1) is 15.5. The van der Waals surface area contributed by atoms with E-state index in [1.807, 2.05) is 0 Å². The van der Waals surface area contributed by atoms with E-state index in [1.54, 1.807) is 54.6 Å². The molecule has 2 aromatic carbocycles. The lowest BCUT2D eigenvalue weighted by molar-refractivity contribution is -0.127. The van der Waals surface area contributed by atoms with Gasteiger partial charge < -0.3 is 16.0 Å². The lowest BCUT2D eigenvalue weighted by atomic mass is 10.1. The van der Waals surface area contributed by atoms with Gasteiger partial charge in [0.2, 0.25) is 11.8 Å². The predicted molar refractivity (Wildman–Crippen MR) is 89.1 cm³/mol. The second-order valence-electron chi connectivity index (χ2n) is 5.35. The van der Waals surface area contributed by atoms with Crippen LogP contribution in [-0.4, -0.2) is 21.4 Å². The number of benzene rings is 2. The fourth-order valence-corrected chi connectivity index (χ4v) is 2.58. The molecule has 4 N–H and O–H groups in total. The maximum absolute atomic E-state index is 12.3. The first-order chi connectivity index (χ1) is 11.6. The van der Waals surface area contributed by atoms with Gasteiger partial charge in [0.25, 0.3) is 0 Å². The van der Waals surface area contributed by atoms with Crippen molar-refractivity contribution in [3.63, 3.8) is 0 Å². The van der Waals surface area contributed by atoms with E-state index in [1.165, 1.54) is 4.57 Å². The van der Waals surface area contributed by atoms with Crippen molar-refractivity contribution in [3.05, 3.63) is 70.6 Å². The lowest BCUT2D eigenvalue weighted by Crippen LogP contribution is -2.40. The Morgan fingerprint density at radius 2 is 1.75 bits per heavy atom. The van der Waals surface area contributed by atoms with Gasteiger partial charge >= 0.3 is 5.69 Å². The topological polar surface area (TPSA) is 110 Å². The third-order valence-corrected chi connectivity index (χ3v) is 3.71. The fraction of sp³-hybridized carbons (Fsp3) is 0.118. The number of hydrogen-bond donors (Lipinski definition) is 3. The number of primary amides is 1. The van der Waals surface area contributed by atoms with Crippen LogP contribution in [0.5, 0.6) is 0 Å². The number of imidazole rings is 1. The highest BCUT2D eigenvalue weighted by molar-refractivity contribution is 5.88. The molecular formula is C17H16N4O3. The highest BCUT2D eigenvalue weighted by atomic mass is 16.2. The van der Waals surface area contributed by atoms with Crippen molar-refractivity contribution in [2.24, 2.45) is 5.73 Å². The molecule has 24 heavy (non-hydrogen) atoms. The van der Waals surface area contributed by atoms with Gasteiger partial charge in [0.1, 0.15) is 12.6 Å². The van der Waals surface area contributed by atoms with Gasteiger partial charge in [0.15, 0.2) is 0 Å². The van der Waals surface area contributed by atoms with Crippen molar-refractivity contribution in [3.8, 4) is 0 Å². The molecule has 0 aliphatic rings. The van der Waals surface area contributed by atoms with Gasteiger partial charge in [0, 0.05) is 0 Å². The molecule has 1 heterocycles. The van der Waals surface area contributed by atoms with Crippen molar-refractivity contribution >= 4 is 22.8 Å². The lowest BCUT2D eigenvalue weighted by Gasteiger charge is -2.16. The Labute approximate surface area is 137 Å². The molecule has 1 aromatic heterocycles. The van der Waals surface area contributed by atoms with Crippen molar-refractivity contribution in [2.45, 2.75) is 12.6 Å². The van der Waals surface area contributed by atoms with E-state index in [2.05, 4.69) is 10.3 Å². The first-order valence-electron chi connectivity index (χ1n) is 7.37. The second kappa shape index (κ2) is 6.41. The predicted octanol–water partition coefficient (Wildman–Crippen LogP) is 0.672. The number of nitrogens with zero attached hydrogens (tertiary/aromatic N) is 1. The highest BCUT2D eigenvalue weighted by Gasteiger charge is 2.20. The van der Waals surface area contributed by atoms with E-state index < -0.39 is 17.9 Å². The number of carbonyl (C=O) groups excluding carboxylic acids is 2. The number of para-hydroxylation sites is 2. The minimum absolute atomic E-state index is 0.209. The van der Waals surface area contributed by atoms with E-state index in [0.29, 0.717) is 16.6 Å². The van der Waals surface area contributed by atoms with Gasteiger partial charge in [-0.15, -0.1) is 0 Å². The number of fused-ring (bicyclic) bond motifs is 1. The molecule has 0 aliphatic carbocycles. The van der Waals surface area contributed by atoms with Crippen LogP contribution < -0.4 is 16.7 Å². The summed E-state index contributed by atoms with van der Waals surface area (Å²) in [6.45, 7) is -0.209. The SMILES string of the molecule is NC(=O)[C@@H](NC(=O)Cn1c(=O)[nH]c2ccccc21)c1ccccc1. The van der Waals surface area contributed by atoms with Crippen LogP contribution in [0.1, 0.15) is 11.6 Å². The summed E-state index contributed by atoms with van der Waals surface area (Å²) in [4.78, 5) is 38.6. The summed E-state index contributed by atoms with van der Waals surface area (Å²) < 4.78 is 1.31. The minimum Gasteiger partial charge on any atom is -0.368 e. The molecule has 0 fully saturated rings. The summed E-state index contributed by atoms with van der Waals surface area (Å²) in [6.07, 6.45) is 0. The zero-order chi connectivity index (χ0) is 17.1. The molecule has 122 valence electrons. The van der Waals surface area contributed by atoms with Crippen LogP contribution in [0.15, 0.2) is 59.4 Å². The summed E-state index contributed by atoms with van der Waals surface area (Å²) in [7, 11) is 0. The van der Waals surface area contributed by atoms with Crippen molar-refractivity contribution < 1.29 is 9.59 Å². The Kier molecular flexibility index (Phi) is 4.15. The number of aromatic amines is 1. The van der Waals surface area contributed by atoms with Crippen LogP contribution in [0.25, 0.3) is 11.0 Å². The normalized spacial score (nSPS) is 12.0. The maximum atomic E-state index is 12.3. The average molecular weight is 324 g/mol. The van der Waals surface area contributed by atoms with Gasteiger partial charge in [-0.25, -0.2) is 4.79 Å². The molecule has 0 bridgehead atoms. The molecule has 7 nitrogen and oxygen atoms in total. The summed E-state index contributed by atoms with van der Waals surface area (Å²) in [5.41, 5.74) is 6.84. The van der Waals surface area contributed by atoms with Crippen LogP contribution in [-0.2, 0) is 16.1 Å². The monoisotopic (exact) mass is 324 g/mol. The molecule has 0 radical (unpaired) electrons. The smallest absolute Gasteiger partial charge is 0.326 e. The van der Waals surface area contributed by atoms with Gasteiger partial charge in [-0.05, 0) is 17.7 Å². The van der Waals surface area contributed by atoms with Gasteiger partial charge in [-0.1, -0.05) is 42.5 Å². The van der Waals surface area contributed by atoms with Crippen LogP contribution in [0.2, 0.25) is 0 Å². The summed E-state index contributed by atoms with van der Waals surface area (Å²) in [5.74, 6) is -1.14. The van der Waals surface area contributed by atoms with E-state index >= 15 is 0 Å². The molecule has 7 heteroatoms. The van der Waals surface area contributed by atoms with Gasteiger partial charge in [-0.2, -0.15) is 0 Å². The average Bonchev–Trinajstić information content (AvgIpc) is 2.89. The Bertz CT molecular complexity index is 943. The molecular weight excluding hydrogens is 308 g/mol. The Morgan fingerprint density at radius 1 is 1.08 bits per heavy atom. The zero-order valence-corrected chi connectivity index (χ0v) is 12.7. The quantitative estimate of drug-likeness (QED) is 0.641. The maximum Gasteiger partial charge on any atom is 0.326 e. The van der Waals surface area contributed by atoms with Crippen LogP contribution in [0.4, 0.5) is 0 Å². The standard InChI is InChI=1S/C17H16N4O3/c18-16(23)15(11-6-2-1-3-7-11)20-14(22)10-21-13-9-5-4-8-12(13)19-17(21)24/h1-9,15H,10H2,(H2,18,23)(H,19,24)(H,20,22)/t15-/m0/s1. The molecule has 3 aromatic rings. The largest absolute Gasteiger partial charge is 0.368 e. The van der Waals surface area contributed by atoms with Crippen molar-refractivity contribution in [1.82, 2.24) is 14.9 Å². The number of amides is 2. The van der Waals surface area contributed by atoms with Crippen LogP contribution in [0, 0.1) is 0 Å². The number of carbonyl (C=O) groups is 2. The number of H-pyrrole nitrogens is 1. The number of hydrogen-bond acceptors (Lipinski definition) is 3. The molecule has 0 spiro atoms. The number of nitrogens with two attached hydrogens (primary N) is 1. The first-order valence-corrected chi connectivity index (χ1v) is 7.37. The molecule has 0 aliphatic heterocycles. The Hall–Kier alpha value is -3.35. The molecule has 3 rings (SSSR count). The summed E-state index contributed by atoms with van der Waals surface area (Å²) in [5, 5.41) is 2.58.